The second kappa shape index (κ2) is 6.86. The van der Waals surface area contributed by atoms with Crippen LogP contribution in [0.4, 0.5) is 0 Å². The number of hydrogen-bond donors (Lipinski definition) is 1. The van der Waals surface area contributed by atoms with Gasteiger partial charge in [0.15, 0.2) is 0 Å². The summed E-state index contributed by atoms with van der Waals surface area (Å²) in [6, 6.07) is 12.5. The van der Waals surface area contributed by atoms with Crippen molar-refractivity contribution in [2.75, 3.05) is 0 Å². The molecule has 0 aliphatic heterocycles. The molecule has 0 saturated carbocycles. The predicted molar refractivity (Wildman–Crippen MR) is 110 cm³/mol. The number of phenols is 1. The van der Waals surface area contributed by atoms with Gasteiger partial charge in [-0.3, -0.25) is 0 Å². The summed E-state index contributed by atoms with van der Waals surface area (Å²) < 4.78 is 0. The molecule has 25 heavy (non-hydrogen) atoms. The van der Waals surface area contributed by atoms with E-state index in [2.05, 4.69) is 79.7 Å². The zero-order chi connectivity index (χ0) is 19.0. The highest BCUT2D eigenvalue weighted by molar-refractivity contribution is 5.79. The van der Waals surface area contributed by atoms with E-state index in [1.165, 1.54) is 22.3 Å². The molecule has 0 fully saturated rings. The van der Waals surface area contributed by atoms with Crippen molar-refractivity contribution in [1.82, 2.24) is 0 Å². The Kier molecular flexibility index (Phi) is 5.37. The molecule has 0 bridgehead atoms. The number of rotatable bonds is 3. The lowest BCUT2D eigenvalue weighted by molar-refractivity contribution is 0.475. The summed E-state index contributed by atoms with van der Waals surface area (Å²) in [6.07, 6.45) is 1.06. The van der Waals surface area contributed by atoms with Crippen LogP contribution in [0.1, 0.15) is 84.4 Å². The lowest BCUT2D eigenvalue weighted by Crippen LogP contribution is -2.23. The van der Waals surface area contributed by atoms with Crippen LogP contribution in [0.15, 0.2) is 36.4 Å². The first-order chi connectivity index (χ1) is 11.5. The maximum absolute atomic E-state index is 10.8. The topological polar surface area (TPSA) is 20.2 Å². The Morgan fingerprint density at radius 3 is 2.00 bits per heavy atom. The van der Waals surface area contributed by atoms with E-state index in [1.54, 1.807) is 0 Å². The first-order valence-electron chi connectivity index (χ1n) is 9.44. The first kappa shape index (κ1) is 19.6. The molecule has 0 saturated heterocycles. The van der Waals surface area contributed by atoms with Crippen LogP contribution in [0.25, 0.3) is 11.1 Å². The van der Waals surface area contributed by atoms with E-state index < -0.39 is 0 Å². The van der Waals surface area contributed by atoms with E-state index in [0.29, 0.717) is 11.7 Å². The van der Waals surface area contributed by atoms with Gasteiger partial charge in [0, 0.05) is 5.56 Å². The van der Waals surface area contributed by atoms with Crippen LogP contribution in [0.2, 0.25) is 0 Å². The normalized spacial score (nSPS) is 13.8. The summed E-state index contributed by atoms with van der Waals surface area (Å²) in [6.45, 7) is 18.0. The van der Waals surface area contributed by atoms with Crippen molar-refractivity contribution >= 4 is 0 Å². The summed E-state index contributed by atoms with van der Waals surface area (Å²) in [7, 11) is 0. The molecule has 2 rings (SSSR count). The Labute approximate surface area is 154 Å². The van der Waals surface area contributed by atoms with Crippen molar-refractivity contribution in [3.63, 3.8) is 0 Å². The Bertz CT molecular complexity index is 742. The van der Waals surface area contributed by atoms with Crippen LogP contribution < -0.4 is 0 Å². The van der Waals surface area contributed by atoms with Gasteiger partial charge in [0.05, 0.1) is 0 Å². The molecule has 0 amide bonds. The van der Waals surface area contributed by atoms with Crippen LogP contribution in [-0.2, 0) is 10.8 Å². The highest BCUT2D eigenvalue weighted by Gasteiger charge is 2.29. The van der Waals surface area contributed by atoms with E-state index >= 15 is 0 Å². The van der Waals surface area contributed by atoms with Gasteiger partial charge in [0.2, 0.25) is 0 Å². The van der Waals surface area contributed by atoms with Crippen molar-refractivity contribution in [3.8, 4) is 16.9 Å². The molecule has 1 unspecified atom stereocenters. The molecule has 0 spiro atoms. The summed E-state index contributed by atoms with van der Waals surface area (Å²) >= 11 is 0. The quantitative estimate of drug-likeness (QED) is 0.629. The van der Waals surface area contributed by atoms with Crippen LogP contribution in [0, 0.1) is 0 Å². The fourth-order valence-electron chi connectivity index (χ4n) is 3.68. The van der Waals surface area contributed by atoms with Gasteiger partial charge >= 0.3 is 0 Å². The molecule has 0 aromatic heterocycles. The largest absolute Gasteiger partial charge is 0.507 e. The van der Waals surface area contributed by atoms with Crippen LogP contribution in [-0.4, -0.2) is 5.11 Å². The van der Waals surface area contributed by atoms with Gasteiger partial charge in [0.1, 0.15) is 5.75 Å². The van der Waals surface area contributed by atoms with E-state index in [4.69, 9.17) is 0 Å². The maximum Gasteiger partial charge on any atom is 0.123 e. The molecule has 2 aromatic carbocycles. The molecule has 0 heterocycles. The summed E-state index contributed by atoms with van der Waals surface area (Å²) in [4.78, 5) is 0. The summed E-state index contributed by atoms with van der Waals surface area (Å²) in [5, 5.41) is 10.8. The van der Waals surface area contributed by atoms with Crippen molar-refractivity contribution in [3.05, 3.63) is 53.1 Å². The predicted octanol–water partition coefficient (Wildman–Crippen LogP) is 7.17. The molecule has 1 N–H and O–H groups in total. The Balaban J connectivity index is 2.91. The zero-order valence-electron chi connectivity index (χ0n) is 17.2. The third kappa shape index (κ3) is 3.92. The van der Waals surface area contributed by atoms with Gasteiger partial charge in [-0.25, -0.2) is 0 Å². The molecule has 0 aliphatic carbocycles. The average Bonchev–Trinajstić information content (AvgIpc) is 2.51. The number of phenolic OH excluding ortho intramolecular Hbond substituents is 1. The molecular weight excluding hydrogens is 304 g/mol. The third-order valence-corrected chi connectivity index (χ3v) is 5.11. The lowest BCUT2D eigenvalue weighted by Gasteiger charge is -2.33. The fourth-order valence-corrected chi connectivity index (χ4v) is 3.68. The highest BCUT2D eigenvalue weighted by atomic mass is 16.3. The van der Waals surface area contributed by atoms with Crippen LogP contribution >= 0.6 is 0 Å². The molecule has 136 valence electrons. The van der Waals surface area contributed by atoms with Crippen LogP contribution in [0.5, 0.6) is 5.75 Å². The summed E-state index contributed by atoms with van der Waals surface area (Å²) in [5.41, 5.74) is 6.16. The first-order valence-corrected chi connectivity index (χ1v) is 9.44. The second-order valence-corrected chi connectivity index (χ2v) is 9.28. The Morgan fingerprint density at radius 1 is 0.880 bits per heavy atom. The maximum atomic E-state index is 10.8. The smallest absolute Gasteiger partial charge is 0.123 e. The van der Waals surface area contributed by atoms with Gasteiger partial charge in [0.25, 0.3) is 0 Å². The Morgan fingerprint density at radius 2 is 1.48 bits per heavy atom. The van der Waals surface area contributed by atoms with Gasteiger partial charge in [-0.2, -0.15) is 0 Å². The van der Waals surface area contributed by atoms with Gasteiger partial charge in [-0.1, -0.05) is 85.7 Å². The van der Waals surface area contributed by atoms with Crippen molar-refractivity contribution in [2.24, 2.45) is 0 Å². The number of aromatic hydroxyl groups is 1. The molecule has 0 aliphatic rings. The van der Waals surface area contributed by atoms with E-state index in [-0.39, 0.29) is 10.8 Å². The molecule has 0 radical (unpaired) electrons. The van der Waals surface area contributed by atoms with Gasteiger partial charge in [-0.15, -0.1) is 0 Å². The van der Waals surface area contributed by atoms with Crippen molar-refractivity contribution in [2.45, 2.75) is 78.6 Å². The monoisotopic (exact) mass is 338 g/mol. The highest BCUT2D eigenvalue weighted by Crippen LogP contribution is 2.45. The van der Waals surface area contributed by atoms with Crippen molar-refractivity contribution in [1.29, 1.82) is 0 Å². The second-order valence-electron chi connectivity index (χ2n) is 9.28. The van der Waals surface area contributed by atoms with Gasteiger partial charge in [-0.05, 0) is 51.5 Å². The lowest BCUT2D eigenvalue weighted by atomic mass is 9.71. The van der Waals surface area contributed by atoms with E-state index in [0.717, 1.165) is 12.0 Å². The van der Waals surface area contributed by atoms with E-state index in [9.17, 15) is 5.11 Å². The SMILES string of the molecule is CCC(C)c1cccc(O)c1-c1cccc(C(C)(C)C)c1C(C)(C)C. The number of benzene rings is 2. The average molecular weight is 339 g/mol. The molecule has 1 nitrogen and oxygen atoms in total. The van der Waals surface area contributed by atoms with E-state index in [1.807, 2.05) is 12.1 Å². The third-order valence-electron chi connectivity index (χ3n) is 5.11. The standard InChI is InChI=1S/C24H34O/c1-9-16(2)17-12-11-15-20(25)21(17)18-13-10-14-19(23(3,4)5)22(18)24(6,7)8/h10-16,25H,9H2,1-8H3. The minimum atomic E-state index is -0.00574. The molecule has 1 heteroatoms. The number of hydrogen-bond acceptors (Lipinski definition) is 1. The fraction of sp³-hybridized carbons (Fsp3) is 0.500. The van der Waals surface area contributed by atoms with Crippen LogP contribution in [0.3, 0.4) is 0 Å². The van der Waals surface area contributed by atoms with Crippen molar-refractivity contribution < 1.29 is 5.11 Å². The molecule has 1 atom stereocenters. The minimum Gasteiger partial charge on any atom is -0.507 e. The zero-order valence-corrected chi connectivity index (χ0v) is 17.2. The molecule has 2 aromatic rings. The van der Waals surface area contributed by atoms with Gasteiger partial charge < -0.3 is 5.11 Å². The minimum absolute atomic E-state index is 0.00574. The Hall–Kier alpha value is -1.76. The molecular formula is C24H34O. The summed E-state index contributed by atoms with van der Waals surface area (Å²) in [5.74, 6) is 0.794.